The van der Waals surface area contributed by atoms with E-state index < -0.39 is 23.1 Å². The number of ether oxygens (including phenoxy) is 1. The summed E-state index contributed by atoms with van der Waals surface area (Å²) in [4.78, 5) is 51.8. The van der Waals surface area contributed by atoms with Gasteiger partial charge >= 0.3 is 17.1 Å². The Labute approximate surface area is 185 Å². The van der Waals surface area contributed by atoms with Crippen LogP contribution in [-0.4, -0.2) is 28.0 Å². The maximum atomic E-state index is 12.7. The summed E-state index contributed by atoms with van der Waals surface area (Å²) in [7, 11) is 0. The highest BCUT2D eigenvalue weighted by molar-refractivity contribution is 9.10. The van der Waals surface area contributed by atoms with Crippen molar-refractivity contribution >= 4 is 44.5 Å². The molecule has 1 atom stereocenters. The first-order chi connectivity index (χ1) is 14.9. The number of amides is 1. The zero-order chi connectivity index (χ0) is 22.1. The molecule has 0 radical (unpaired) electrons. The Kier molecular flexibility index (Phi) is 5.77. The van der Waals surface area contributed by atoms with Crippen LogP contribution in [0.3, 0.4) is 0 Å². The normalized spacial score (nSPS) is 15.0. The summed E-state index contributed by atoms with van der Waals surface area (Å²) < 4.78 is 7.21. The Morgan fingerprint density at radius 2 is 1.97 bits per heavy atom. The summed E-state index contributed by atoms with van der Waals surface area (Å²) in [6, 6.07) is 9.65. The number of nitrogens with one attached hydrogen (secondary N) is 2. The van der Waals surface area contributed by atoms with E-state index in [4.69, 9.17) is 4.74 Å². The molecule has 4 rings (SSSR count). The fourth-order valence-electron chi connectivity index (χ4n) is 3.94. The van der Waals surface area contributed by atoms with Gasteiger partial charge in [0.25, 0.3) is 0 Å². The number of anilines is 1. The third kappa shape index (κ3) is 4.18. The number of nitrogens with zero attached hydrogens (tertiary/aromatic N) is 1. The maximum Gasteiger partial charge on any atom is 0.338 e. The second kappa shape index (κ2) is 8.50. The van der Waals surface area contributed by atoms with Gasteiger partial charge in [0.05, 0.1) is 23.2 Å². The number of esters is 1. The first-order valence-corrected chi connectivity index (χ1v) is 10.7. The predicted molar refractivity (Wildman–Crippen MR) is 120 cm³/mol. The highest BCUT2D eigenvalue weighted by atomic mass is 79.9. The quantitative estimate of drug-likeness (QED) is 0.426. The molecule has 1 aliphatic heterocycles. The zero-order valence-corrected chi connectivity index (χ0v) is 18.3. The van der Waals surface area contributed by atoms with Crippen molar-refractivity contribution in [3.63, 3.8) is 0 Å². The van der Waals surface area contributed by atoms with E-state index in [1.54, 1.807) is 37.3 Å². The van der Waals surface area contributed by atoms with E-state index in [9.17, 15) is 19.2 Å². The van der Waals surface area contributed by atoms with Crippen molar-refractivity contribution < 1.29 is 14.3 Å². The van der Waals surface area contributed by atoms with Gasteiger partial charge in [-0.05, 0) is 61.7 Å². The van der Waals surface area contributed by atoms with Crippen molar-refractivity contribution in [1.29, 1.82) is 0 Å². The number of carbonyl (C=O) groups is 2. The Balaban J connectivity index is 1.57. The van der Waals surface area contributed by atoms with E-state index in [1.165, 1.54) is 4.57 Å². The number of halogens is 1. The smallest absolute Gasteiger partial charge is 0.338 e. The number of benzene rings is 2. The van der Waals surface area contributed by atoms with E-state index in [2.05, 4.69) is 26.2 Å². The molecule has 0 bridgehead atoms. The molecule has 2 N–H and O–H groups in total. The van der Waals surface area contributed by atoms with Gasteiger partial charge in [0.15, 0.2) is 0 Å². The number of aryl methyl sites for hydroxylation is 1. The van der Waals surface area contributed by atoms with E-state index >= 15 is 0 Å². The van der Waals surface area contributed by atoms with E-state index in [1.807, 2.05) is 6.07 Å². The van der Waals surface area contributed by atoms with Gasteiger partial charge in [-0.15, -0.1) is 0 Å². The molecule has 1 aliphatic rings. The molecule has 0 spiro atoms. The van der Waals surface area contributed by atoms with Gasteiger partial charge in [-0.3, -0.25) is 19.0 Å². The van der Waals surface area contributed by atoms with Gasteiger partial charge in [0.2, 0.25) is 5.91 Å². The van der Waals surface area contributed by atoms with Crippen molar-refractivity contribution in [3.8, 4) is 0 Å². The average Bonchev–Trinajstić information content (AvgIpc) is 2.73. The Morgan fingerprint density at radius 1 is 1.23 bits per heavy atom. The molecule has 0 saturated heterocycles. The molecule has 2 heterocycles. The fourth-order valence-corrected chi connectivity index (χ4v) is 4.44. The Morgan fingerprint density at radius 3 is 2.68 bits per heavy atom. The lowest BCUT2D eigenvalue weighted by molar-refractivity contribution is -0.117. The van der Waals surface area contributed by atoms with Crippen LogP contribution in [0.2, 0.25) is 0 Å². The van der Waals surface area contributed by atoms with E-state index in [-0.39, 0.29) is 18.9 Å². The van der Waals surface area contributed by atoms with Crippen LogP contribution in [0.1, 0.15) is 41.7 Å². The topological polar surface area (TPSA) is 110 Å². The second-order valence-electron chi connectivity index (χ2n) is 7.33. The van der Waals surface area contributed by atoms with Crippen molar-refractivity contribution in [2.24, 2.45) is 0 Å². The summed E-state index contributed by atoms with van der Waals surface area (Å²) >= 11 is 3.43. The molecule has 0 fully saturated rings. The molecular weight excluding hydrogens is 466 g/mol. The maximum absolute atomic E-state index is 12.7. The third-order valence-corrected chi connectivity index (χ3v) is 5.73. The fraction of sp³-hybridized carbons (Fsp3) is 0.273. The summed E-state index contributed by atoms with van der Waals surface area (Å²) in [5.74, 6) is -0.708. The minimum atomic E-state index is -0.710. The van der Waals surface area contributed by atoms with Crippen LogP contribution in [0.4, 0.5) is 5.69 Å². The summed E-state index contributed by atoms with van der Waals surface area (Å²) in [6.07, 6.45) is 1.30. The predicted octanol–water partition coefficient (Wildman–Crippen LogP) is 3.15. The monoisotopic (exact) mass is 485 g/mol. The number of hydrogen-bond acceptors (Lipinski definition) is 5. The highest BCUT2D eigenvalue weighted by Gasteiger charge is 2.26. The number of aromatic nitrogens is 2. The molecule has 2 aromatic carbocycles. The van der Waals surface area contributed by atoms with Gasteiger partial charge in [-0.25, -0.2) is 4.79 Å². The number of carbonyl (C=O) groups excluding carboxylic acids is 2. The largest absolute Gasteiger partial charge is 0.462 e. The zero-order valence-electron chi connectivity index (χ0n) is 16.7. The van der Waals surface area contributed by atoms with Gasteiger partial charge in [0.1, 0.15) is 0 Å². The molecule has 9 heteroatoms. The minimum Gasteiger partial charge on any atom is -0.462 e. The van der Waals surface area contributed by atoms with Crippen molar-refractivity contribution in [2.75, 3.05) is 11.9 Å². The van der Waals surface area contributed by atoms with Crippen LogP contribution < -0.4 is 16.4 Å². The molecule has 1 unspecified atom stereocenters. The standard InChI is InChI=1S/C22H20BrN3O5/c1-2-31-22(30)12-3-6-15(7-4-12)24-18(27)11-16-8-5-13-9-14(23)10-17-19(13)26(16)21(29)20(28)25-17/h3-4,6-7,9-10,16H,2,5,8,11H2,1H3,(H,24,27)(H,25,28). The first kappa shape index (κ1) is 21.0. The Bertz CT molecular complexity index is 1290. The van der Waals surface area contributed by atoms with Crippen molar-refractivity contribution in [1.82, 2.24) is 9.55 Å². The molecular formula is C22H20BrN3O5. The van der Waals surface area contributed by atoms with Gasteiger partial charge in [-0.1, -0.05) is 15.9 Å². The number of rotatable bonds is 5. The number of hydrogen-bond donors (Lipinski definition) is 2. The molecule has 8 nitrogen and oxygen atoms in total. The van der Waals surface area contributed by atoms with Crippen LogP contribution in [0, 0.1) is 0 Å². The molecule has 0 saturated carbocycles. The summed E-state index contributed by atoms with van der Waals surface area (Å²) in [5.41, 5.74) is 1.73. The van der Waals surface area contributed by atoms with Crippen molar-refractivity contribution in [3.05, 3.63) is 72.7 Å². The number of aromatic amines is 1. The molecule has 1 amide bonds. The molecule has 160 valence electrons. The van der Waals surface area contributed by atoms with Gasteiger partial charge in [0, 0.05) is 22.6 Å². The van der Waals surface area contributed by atoms with E-state index in [0.717, 1.165) is 10.0 Å². The average molecular weight is 486 g/mol. The van der Waals surface area contributed by atoms with Crippen molar-refractivity contribution in [2.45, 2.75) is 32.2 Å². The molecule has 31 heavy (non-hydrogen) atoms. The minimum absolute atomic E-state index is 0.0492. The van der Waals surface area contributed by atoms with Gasteiger partial charge in [-0.2, -0.15) is 0 Å². The molecule has 1 aromatic heterocycles. The first-order valence-electron chi connectivity index (χ1n) is 9.91. The van der Waals surface area contributed by atoms with E-state index in [0.29, 0.717) is 35.1 Å². The number of H-pyrrole nitrogens is 1. The highest BCUT2D eigenvalue weighted by Crippen LogP contribution is 2.32. The van der Waals surface area contributed by atoms with Crippen LogP contribution >= 0.6 is 15.9 Å². The van der Waals surface area contributed by atoms with Crippen LogP contribution in [0.25, 0.3) is 11.0 Å². The van der Waals surface area contributed by atoms with Gasteiger partial charge < -0.3 is 15.0 Å². The van der Waals surface area contributed by atoms with Crippen LogP contribution in [-0.2, 0) is 16.0 Å². The second-order valence-corrected chi connectivity index (χ2v) is 8.25. The lowest BCUT2D eigenvalue weighted by Gasteiger charge is -2.27. The Hall–Kier alpha value is -3.20. The molecule has 0 aliphatic carbocycles. The summed E-state index contributed by atoms with van der Waals surface area (Å²) in [6.45, 7) is 2.02. The summed E-state index contributed by atoms with van der Waals surface area (Å²) in [5, 5.41) is 2.79. The lowest BCUT2D eigenvalue weighted by atomic mass is 9.96. The van der Waals surface area contributed by atoms with Crippen LogP contribution in [0.15, 0.2) is 50.5 Å². The SMILES string of the molecule is CCOC(=O)c1ccc(NC(=O)CC2CCc3cc(Br)cc4[nH]c(=O)c(=O)n2c34)cc1. The molecule has 3 aromatic rings. The third-order valence-electron chi connectivity index (χ3n) is 5.27. The van der Waals surface area contributed by atoms with Crippen LogP contribution in [0.5, 0.6) is 0 Å². The lowest BCUT2D eigenvalue weighted by Crippen LogP contribution is -2.41.